The molecule has 4 nitrogen and oxygen atoms in total. The third-order valence-corrected chi connectivity index (χ3v) is 3.74. The number of halogens is 1. The minimum absolute atomic E-state index is 0.175. The molecule has 0 atom stereocenters. The summed E-state index contributed by atoms with van der Waals surface area (Å²) in [6.45, 7) is 1.12. The molecule has 80 valence electrons. The predicted molar refractivity (Wildman–Crippen MR) is 58.4 cm³/mol. The lowest BCUT2D eigenvalue weighted by Crippen LogP contribution is -2.36. The number of fused-ring (bicyclic) bond motifs is 1. The average Bonchev–Trinajstić information content (AvgIpc) is 2.97. The van der Waals surface area contributed by atoms with Crippen molar-refractivity contribution in [2.45, 2.75) is 31.8 Å². The highest BCUT2D eigenvalue weighted by molar-refractivity contribution is 9.10. The molecule has 1 aliphatic heterocycles. The normalized spacial score (nSPS) is 20.7. The lowest BCUT2D eigenvalue weighted by molar-refractivity contribution is -0.132. The quantitative estimate of drug-likeness (QED) is 0.775. The van der Waals surface area contributed by atoms with Crippen LogP contribution in [0, 0.1) is 0 Å². The second kappa shape index (κ2) is 3.07. The molecule has 1 aliphatic carbocycles. The molecule has 1 aromatic rings. The number of nitrogens with zero attached hydrogens (tertiary/aromatic N) is 3. The molecule has 1 amide bonds. The molecule has 2 aliphatic rings. The zero-order chi connectivity index (χ0) is 10.6. The maximum Gasteiger partial charge on any atom is 0.242 e. The molecule has 0 radical (unpaired) electrons. The Balaban J connectivity index is 2.07. The SMILES string of the molecule is CN1Cc2c(Br)nc(C3CC3)n2CC1=O. The molecule has 1 fully saturated rings. The summed E-state index contributed by atoms with van der Waals surface area (Å²) in [6, 6.07) is 0. The Labute approximate surface area is 96.4 Å². The topological polar surface area (TPSA) is 38.1 Å². The first-order valence-corrected chi connectivity index (χ1v) is 5.95. The Morgan fingerprint density at radius 2 is 2.13 bits per heavy atom. The number of amides is 1. The minimum Gasteiger partial charge on any atom is -0.338 e. The van der Waals surface area contributed by atoms with Crippen LogP contribution < -0.4 is 0 Å². The van der Waals surface area contributed by atoms with Crippen LogP contribution in [0.4, 0.5) is 0 Å². The first kappa shape index (κ1) is 9.39. The standard InChI is InChI=1S/C10H12BrN3O/c1-13-4-7-9(11)12-10(6-2-3-6)14(7)5-8(13)15/h6H,2-5H2,1H3. The fourth-order valence-corrected chi connectivity index (χ4v) is 2.55. The first-order valence-electron chi connectivity index (χ1n) is 5.15. The van der Waals surface area contributed by atoms with Crippen molar-refractivity contribution in [3.8, 4) is 0 Å². The van der Waals surface area contributed by atoms with Crippen LogP contribution >= 0.6 is 15.9 Å². The lowest BCUT2D eigenvalue weighted by Gasteiger charge is -2.25. The summed E-state index contributed by atoms with van der Waals surface area (Å²) in [5.41, 5.74) is 1.14. The van der Waals surface area contributed by atoms with E-state index in [1.54, 1.807) is 4.90 Å². The van der Waals surface area contributed by atoms with Gasteiger partial charge >= 0.3 is 0 Å². The number of carbonyl (C=O) groups excluding carboxylic acids is 1. The first-order chi connectivity index (χ1) is 7.16. The summed E-state index contributed by atoms with van der Waals surface area (Å²) in [5, 5.41) is 0. The van der Waals surface area contributed by atoms with Gasteiger partial charge in [-0.25, -0.2) is 4.98 Å². The van der Waals surface area contributed by atoms with Crippen LogP contribution in [-0.2, 0) is 17.9 Å². The van der Waals surface area contributed by atoms with E-state index in [1.165, 1.54) is 12.8 Å². The summed E-state index contributed by atoms with van der Waals surface area (Å²) in [5.74, 6) is 1.86. The second-order valence-corrected chi connectivity index (χ2v) is 5.07. The van der Waals surface area contributed by atoms with Crippen molar-refractivity contribution < 1.29 is 4.79 Å². The average molecular weight is 270 g/mol. The molecule has 1 aromatic heterocycles. The van der Waals surface area contributed by atoms with E-state index >= 15 is 0 Å². The molecule has 0 spiro atoms. The molecular weight excluding hydrogens is 258 g/mol. The third kappa shape index (κ3) is 1.40. The van der Waals surface area contributed by atoms with E-state index in [4.69, 9.17) is 0 Å². The Kier molecular flexibility index (Phi) is 1.92. The van der Waals surface area contributed by atoms with Crippen molar-refractivity contribution in [1.29, 1.82) is 0 Å². The number of imidazole rings is 1. The van der Waals surface area contributed by atoms with E-state index in [2.05, 4.69) is 25.5 Å². The van der Waals surface area contributed by atoms with E-state index in [0.717, 1.165) is 16.1 Å². The van der Waals surface area contributed by atoms with Crippen LogP contribution in [-0.4, -0.2) is 27.4 Å². The molecule has 5 heteroatoms. The van der Waals surface area contributed by atoms with Crippen molar-refractivity contribution in [1.82, 2.24) is 14.5 Å². The highest BCUT2D eigenvalue weighted by atomic mass is 79.9. The van der Waals surface area contributed by atoms with Gasteiger partial charge in [-0.2, -0.15) is 0 Å². The van der Waals surface area contributed by atoms with Gasteiger partial charge in [-0.15, -0.1) is 0 Å². The van der Waals surface area contributed by atoms with Gasteiger partial charge in [-0.05, 0) is 28.8 Å². The molecule has 2 heterocycles. The molecule has 1 saturated carbocycles. The Morgan fingerprint density at radius 1 is 1.40 bits per heavy atom. The van der Waals surface area contributed by atoms with E-state index < -0.39 is 0 Å². The smallest absolute Gasteiger partial charge is 0.242 e. The van der Waals surface area contributed by atoms with Crippen molar-refractivity contribution in [2.75, 3.05) is 7.05 Å². The van der Waals surface area contributed by atoms with Crippen molar-refractivity contribution in [3.05, 3.63) is 16.1 Å². The molecule has 0 bridgehead atoms. The number of hydrogen-bond donors (Lipinski definition) is 0. The maximum absolute atomic E-state index is 11.6. The van der Waals surface area contributed by atoms with Crippen LogP contribution in [0.25, 0.3) is 0 Å². The number of aromatic nitrogens is 2. The fourth-order valence-electron chi connectivity index (χ4n) is 2.02. The number of hydrogen-bond acceptors (Lipinski definition) is 2. The number of rotatable bonds is 1. The van der Waals surface area contributed by atoms with E-state index in [-0.39, 0.29) is 5.91 Å². The van der Waals surface area contributed by atoms with Crippen LogP contribution in [0.15, 0.2) is 4.60 Å². The summed E-state index contributed by atoms with van der Waals surface area (Å²) >= 11 is 3.48. The molecule has 3 rings (SSSR count). The van der Waals surface area contributed by atoms with Crippen LogP contribution in [0.5, 0.6) is 0 Å². The summed E-state index contributed by atoms with van der Waals surface area (Å²) in [6.07, 6.45) is 2.43. The molecular formula is C10H12BrN3O. The van der Waals surface area contributed by atoms with Gasteiger partial charge in [-0.3, -0.25) is 4.79 Å². The second-order valence-electron chi connectivity index (χ2n) is 4.32. The molecule has 0 saturated heterocycles. The summed E-state index contributed by atoms with van der Waals surface area (Å²) in [4.78, 5) is 17.9. The van der Waals surface area contributed by atoms with Crippen molar-refractivity contribution in [2.24, 2.45) is 0 Å². The molecule has 0 aromatic carbocycles. The predicted octanol–water partition coefficient (Wildman–Crippen LogP) is 1.50. The Morgan fingerprint density at radius 3 is 2.80 bits per heavy atom. The fraction of sp³-hybridized carbons (Fsp3) is 0.600. The molecule has 0 unspecified atom stereocenters. The van der Waals surface area contributed by atoms with Gasteiger partial charge < -0.3 is 9.47 Å². The van der Waals surface area contributed by atoms with Crippen molar-refractivity contribution >= 4 is 21.8 Å². The van der Waals surface area contributed by atoms with Crippen LogP contribution in [0.3, 0.4) is 0 Å². The van der Waals surface area contributed by atoms with Gasteiger partial charge in [0, 0.05) is 13.0 Å². The largest absolute Gasteiger partial charge is 0.338 e. The van der Waals surface area contributed by atoms with Gasteiger partial charge in [0.1, 0.15) is 17.0 Å². The Bertz CT molecular complexity index is 436. The van der Waals surface area contributed by atoms with Crippen LogP contribution in [0.2, 0.25) is 0 Å². The number of likely N-dealkylation sites (N-methyl/N-ethyl adjacent to an activating group) is 1. The monoisotopic (exact) mass is 269 g/mol. The highest BCUT2D eigenvalue weighted by Gasteiger charge is 2.33. The maximum atomic E-state index is 11.6. The van der Waals surface area contributed by atoms with Crippen molar-refractivity contribution in [3.63, 3.8) is 0 Å². The van der Waals surface area contributed by atoms with Gasteiger partial charge in [0.2, 0.25) is 5.91 Å². The zero-order valence-electron chi connectivity index (χ0n) is 8.53. The van der Waals surface area contributed by atoms with Crippen LogP contribution in [0.1, 0.15) is 30.3 Å². The molecule has 0 N–H and O–H groups in total. The van der Waals surface area contributed by atoms with Gasteiger partial charge in [0.15, 0.2) is 0 Å². The van der Waals surface area contributed by atoms with E-state index in [9.17, 15) is 4.79 Å². The highest BCUT2D eigenvalue weighted by Crippen LogP contribution is 2.41. The van der Waals surface area contributed by atoms with E-state index in [1.807, 2.05) is 7.05 Å². The van der Waals surface area contributed by atoms with Gasteiger partial charge in [-0.1, -0.05) is 0 Å². The molecule has 15 heavy (non-hydrogen) atoms. The number of carbonyl (C=O) groups is 1. The minimum atomic E-state index is 0.175. The Hall–Kier alpha value is -0.840. The zero-order valence-corrected chi connectivity index (χ0v) is 10.1. The van der Waals surface area contributed by atoms with E-state index in [0.29, 0.717) is 19.0 Å². The summed E-state index contributed by atoms with van der Waals surface area (Å²) in [7, 11) is 1.84. The third-order valence-electron chi connectivity index (χ3n) is 3.10. The lowest BCUT2D eigenvalue weighted by atomic mass is 10.3. The van der Waals surface area contributed by atoms with Gasteiger partial charge in [0.05, 0.1) is 12.2 Å². The summed E-state index contributed by atoms with van der Waals surface area (Å²) < 4.78 is 2.99. The van der Waals surface area contributed by atoms with Gasteiger partial charge in [0.25, 0.3) is 0 Å².